The Kier molecular flexibility index (Phi) is 6.07. The highest BCUT2D eigenvalue weighted by Gasteiger charge is 2.51. The minimum absolute atomic E-state index is 0.00179. The fourth-order valence-corrected chi connectivity index (χ4v) is 6.42. The highest BCUT2D eigenvalue weighted by Crippen LogP contribution is 2.54. The average molecular weight is 572 g/mol. The summed E-state index contributed by atoms with van der Waals surface area (Å²) < 4.78 is 80.4. The first-order valence-electron chi connectivity index (χ1n) is 12.8. The maximum absolute atomic E-state index is 13.4. The Morgan fingerprint density at radius 1 is 0.659 bits per heavy atom. The Morgan fingerprint density at radius 2 is 1.10 bits per heavy atom. The van der Waals surface area contributed by atoms with Crippen LogP contribution >= 0.6 is 0 Å². The van der Waals surface area contributed by atoms with Gasteiger partial charge in [-0.15, -0.1) is 0 Å². The van der Waals surface area contributed by atoms with E-state index in [1.165, 1.54) is 0 Å². The number of fused-ring (bicyclic) bond motifs is 1. The lowest BCUT2D eigenvalue weighted by atomic mass is 9.59. The molecule has 0 saturated heterocycles. The summed E-state index contributed by atoms with van der Waals surface area (Å²) >= 11 is 0. The second-order valence-corrected chi connectivity index (χ2v) is 10.7. The number of rotatable bonds is 5. The van der Waals surface area contributed by atoms with Gasteiger partial charge in [-0.3, -0.25) is 9.59 Å². The van der Waals surface area contributed by atoms with E-state index in [0.717, 1.165) is 22.3 Å². The zero-order chi connectivity index (χ0) is 29.4. The van der Waals surface area contributed by atoms with Gasteiger partial charge in [-0.1, -0.05) is 48.5 Å². The zero-order valence-electron chi connectivity index (χ0n) is 21.7. The van der Waals surface area contributed by atoms with Crippen molar-refractivity contribution in [2.24, 2.45) is 0 Å². The summed E-state index contributed by atoms with van der Waals surface area (Å²) in [5.41, 5.74) is -1.75. The van der Waals surface area contributed by atoms with Gasteiger partial charge in [0.2, 0.25) is 0 Å². The van der Waals surface area contributed by atoms with Crippen LogP contribution in [-0.4, -0.2) is 31.1 Å². The molecule has 0 spiro atoms. The van der Waals surface area contributed by atoms with Gasteiger partial charge in [0, 0.05) is 23.6 Å². The molecule has 11 heteroatoms. The first-order chi connectivity index (χ1) is 19.3. The van der Waals surface area contributed by atoms with Crippen molar-refractivity contribution < 1.29 is 26.3 Å². The normalized spacial score (nSPS) is 21.6. The lowest BCUT2D eigenvalue weighted by molar-refractivity contribution is -0.143. The van der Waals surface area contributed by atoms with Crippen LogP contribution in [0.1, 0.15) is 45.2 Å². The SMILES string of the molecule is CN(C)[C@H]1C2c3ccccc3C(c3ccccc32)[C@H]1Nc1c(Nc2cc(C(F)(F)F)cc(C(F)(F)F)c2)c(=O)c1=O. The van der Waals surface area contributed by atoms with E-state index in [-0.39, 0.29) is 35.3 Å². The maximum atomic E-state index is 13.4. The summed E-state index contributed by atoms with van der Waals surface area (Å²) in [5.74, 6) is -0.317. The Balaban J connectivity index is 1.42. The van der Waals surface area contributed by atoms with Crippen LogP contribution in [-0.2, 0) is 12.4 Å². The lowest BCUT2D eigenvalue weighted by Crippen LogP contribution is -2.58. The summed E-state index contributed by atoms with van der Waals surface area (Å²) in [7, 11) is 3.79. The van der Waals surface area contributed by atoms with E-state index in [1.54, 1.807) is 0 Å². The van der Waals surface area contributed by atoms with Crippen molar-refractivity contribution in [1.29, 1.82) is 0 Å². The van der Waals surface area contributed by atoms with E-state index < -0.39 is 46.1 Å². The number of hydrogen-bond donors (Lipinski definition) is 2. The molecule has 7 rings (SSSR count). The molecule has 3 aliphatic carbocycles. The van der Waals surface area contributed by atoms with Crippen LogP contribution < -0.4 is 21.5 Å². The van der Waals surface area contributed by atoms with Gasteiger partial charge >= 0.3 is 12.4 Å². The monoisotopic (exact) mass is 571 g/mol. The third-order valence-corrected chi connectivity index (χ3v) is 8.08. The van der Waals surface area contributed by atoms with Crippen molar-refractivity contribution >= 4 is 17.1 Å². The van der Waals surface area contributed by atoms with Crippen molar-refractivity contribution in [3.8, 4) is 0 Å². The maximum Gasteiger partial charge on any atom is 0.416 e. The molecule has 2 bridgehead atoms. The summed E-state index contributed by atoms with van der Waals surface area (Å²) in [6, 6.07) is 16.2. The Hall–Kier alpha value is -4.12. The van der Waals surface area contributed by atoms with E-state index in [1.807, 2.05) is 55.4 Å². The third-order valence-electron chi connectivity index (χ3n) is 8.08. The highest BCUT2D eigenvalue weighted by atomic mass is 19.4. The van der Waals surface area contributed by atoms with Gasteiger partial charge in [0.25, 0.3) is 10.9 Å². The van der Waals surface area contributed by atoms with Crippen LogP contribution in [0.15, 0.2) is 76.3 Å². The number of benzene rings is 3. The fourth-order valence-electron chi connectivity index (χ4n) is 6.42. The standard InChI is InChI=1S/C30H23F6N3O2/c1-39(2)26-22-19-9-5-3-7-17(19)21(18-8-4-6-10-20(18)22)23(26)38-25-24(27(40)28(25)41)37-16-12-14(29(31,32)33)11-15(13-16)30(34,35)36/h3-13,21-23,26,37-38H,1-2H3/t21?,22?,23-,26+/m1/s1. The van der Waals surface area contributed by atoms with Crippen LogP contribution in [0, 0.1) is 0 Å². The van der Waals surface area contributed by atoms with Crippen LogP contribution in [0.3, 0.4) is 0 Å². The Labute approximate surface area is 230 Å². The minimum atomic E-state index is -5.06. The Morgan fingerprint density at radius 3 is 1.54 bits per heavy atom. The van der Waals surface area contributed by atoms with Crippen LogP contribution in [0.25, 0.3) is 0 Å². The van der Waals surface area contributed by atoms with E-state index in [9.17, 15) is 35.9 Å². The molecule has 0 aromatic heterocycles. The molecule has 0 saturated carbocycles. The fraction of sp³-hybridized carbons (Fsp3) is 0.267. The van der Waals surface area contributed by atoms with Gasteiger partial charge < -0.3 is 15.5 Å². The molecule has 5 nitrogen and oxygen atoms in total. The number of likely N-dealkylation sites (N-methyl/N-ethyl adjacent to an activating group) is 1. The molecular weight excluding hydrogens is 548 g/mol. The van der Waals surface area contributed by atoms with Crippen molar-refractivity contribution in [1.82, 2.24) is 4.90 Å². The van der Waals surface area contributed by atoms with Crippen LogP contribution in [0.5, 0.6) is 0 Å². The van der Waals surface area contributed by atoms with Gasteiger partial charge in [0.05, 0.1) is 17.2 Å². The predicted molar refractivity (Wildman–Crippen MR) is 143 cm³/mol. The van der Waals surface area contributed by atoms with Crippen molar-refractivity contribution in [3.63, 3.8) is 0 Å². The first kappa shape index (κ1) is 27.1. The molecule has 2 atom stereocenters. The second kappa shape index (κ2) is 9.20. The van der Waals surface area contributed by atoms with Gasteiger partial charge in [-0.25, -0.2) is 0 Å². The smallest absolute Gasteiger partial charge is 0.375 e. The molecule has 0 fully saturated rings. The van der Waals surface area contributed by atoms with E-state index in [2.05, 4.69) is 22.8 Å². The van der Waals surface area contributed by atoms with Gasteiger partial charge in [-0.2, -0.15) is 26.3 Å². The number of alkyl halides is 6. The number of anilines is 3. The van der Waals surface area contributed by atoms with Crippen molar-refractivity contribution in [3.05, 3.63) is 121 Å². The number of hydrogen-bond acceptors (Lipinski definition) is 5. The zero-order valence-corrected chi connectivity index (χ0v) is 21.7. The van der Waals surface area contributed by atoms with Gasteiger partial charge in [-0.05, 0) is 54.5 Å². The molecule has 41 heavy (non-hydrogen) atoms. The molecule has 2 N–H and O–H groups in total. The molecule has 0 radical (unpaired) electrons. The van der Waals surface area contributed by atoms with Crippen LogP contribution in [0.2, 0.25) is 0 Å². The molecule has 3 aliphatic rings. The van der Waals surface area contributed by atoms with Crippen molar-refractivity contribution in [2.75, 3.05) is 24.7 Å². The van der Waals surface area contributed by atoms with Crippen LogP contribution in [0.4, 0.5) is 43.4 Å². The molecule has 0 heterocycles. The molecule has 0 amide bonds. The topological polar surface area (TPSA) is 61.4 Å². The second-order valence-electron chi connectivity index (χ2n) is 10.7. The lowest BCUT2D eigenvalue weighted by Gasteiger charge is -2.53. The minimum Gasteiger partial charge on any atom is -0.375 e. The summed E-state index contributed by atoms with van der Waals surface area (Å²) in [6.45, 7) is 0. The quantitative estimate of drug-likeness (QED) is 0.225. The number of nitrogens with zero attached hydrogens (tertiary/aromatic N) is 1. The number of nitrogens with one attached hydrogen (secondary N) is 2. The molecule has 4 aromatic rings. The molecular formula is C30H23F6N3O2. The number of halogens is 6. The Bertz CT molecular complexity index is 1660. The summed E-state index contributed by atoms with van der Waals surface area (Å²) in [6.07, 6.45) is -10.1. The highest BCUT2D eigenvalue weighted by molar-refractivity contribution is 5.80. The van der Waals surface area contributed by atoms with Crippen molar-refractivity contribution in [2.45, 2.75) is 36.3 Å². The van der Waals surface area contributed by atoms with Gasteiger partial charge in [0.15, 0.2) is 0 Å². The molecule has 0 aliphatic heterocycles. The molecule has 4 aromatic carbocycles. The van der Waals surface area contributed by atoms with E-state index in [4.69, 9.17) is 0 Å². The van der Waals surface area contributed by atoms with E-state index >= 15 is 0 Å². The van der Waals surface area contributed by atoms with Gasteiger partial charge in [0.1, 0.15) is 11.4 Å². The first-order valence-corrected chi connectivity index (χ1v) is 12.8. The molecule has 0 unspecified atom stereocenters. The average Bonchev–Trinajstić information content (AvgIpc) is 2.93. The molecule has 212 valence electrons. The third kappa shape index (κ3) is 4.30. The van der Waals surface area contributed by atoms with E-state index in [0.29, 0.717) is 12.1 Å². The summed E-state index contributed by atoms with van der Waals surface area (Å²) in [4.78, 5) is 27.4. The largest absolute Gasteiger partial charge is 0.416 e. The summed E-state index contributed by atoms with van der Waals surface area (Å²) in [5, 5.41) is 5.58. The predicted octanol–water partition coefficient (Wildman–Crippen LogP) is 6.07.